The Balaban J connectivity index is 2.77. The molecule has 0 aliphatic carbocycles. The van der Waals surface area contributed by atoms with Crippen molar-refractivity contribution >= 4 is 11.9 Å². The van der Waals surface area contributed by atoms with Gasteiger partial charge in [0, 0.05) is 6.42 Å². The van der Waals surface area contributed by atoms with Crippen LogP contribution in [0.4, 0.5) is 0 Å². The fraction of sp³-hybridized carbons (Fsp3) is 0.467. The van der Waals surface area contributed by atoms with Gasteiger partial charge in [-0.3, -0.25) is 4.79 Å². The monoisotopic (exact) mass is 280 g/mol. The van der Waals surface area contributed by atoms with Crippen LogP contribution in [-0.4, -0.2) is 32.3 Å². The molecule has 20 heavy (non-hydrogen) atoms. The second-order valence-electron chi connectivity index (χ2n) is 4.05. The highest BCUT2D eigenvalue weighted by molar-refractivity contribution is 5.90. The van der Waals surface area contributed by atoms with Gasteiger partial charge < -0.3 is 14.2 Å². The van der Waals surface area contributed by atoms with Crippen LogP contribution in [0.25, 0.3) is 0 Å². The van der Waals surface area contributed by atoms with Crippen LogP contribution >= 0.6 is 0 Å². The van der Waals surface area contributed by atoms with Crippen LogP contribution < -0.4 is 4.74 Å². The summed E-state index contributed by atoms with van der Waals surface area (Å²) in [7, 11) is 1.53. The normalized spacial score (nSPS) is 9.95. The molecule has 0 aliphatic heterocycles. The smallest absolute Gasteiger partial charge is 0.338 e. The molecule has 110 valence electrons. The molecule has 1 rings (SSSR count). The molecule has 0 unspecified atom stereocenters. The molecule has 0 radical (unpaired) electrons. The SMILES string of the molecule is CCOC(=O)CCc1ccc(C(=O)OCC)cc1OC. The van der Waals surface area contributed by atoms with Crippen molar-refractivity contribution in [2.45, 2.75) is 26.7 Å². The van der Waals surface area contributed by atoms with E-state index in [9.17, 15) is 9.59 Å². The van der Waals surface area contributed by atoms with E-state index in [0.29, 0.717) is 30.9 Å². The number of rotatable bonds is 7. The van der Waals surface area contributed by atoms with Gasteiger partial charge in [0.05, 0.1) is 25.9 Å². The Labute approximate surface area is 118 Å². The summed E-state index contributed by atoms with van der Waals surface area (Å²) >= 11 is 0. The first-order chi connectivity index (χ1) is 9.62. The zero-order chi connectivity index (χ0) is 15.0. The highest BCUT2D eigenvalue weighted by atomic mass is 16.5. The molecule has 5 nitrogen and oxygen atoms in total. The Hall–Kier alpha value is -2.04. The minimum Gasteiger partial charge on any atom is -0.496 e. The van der Waals surface area contributed by atoms with Gasteiger partial charge in [-0.1, -0.05) is 6.07 Å². The molecule has 0 aromatic heterocycles. The third kappa shape index (κ3) is 4.57. The predicted molar refractivity (Wildman–Crippen MR) is 73.9 cm³/mol. The van der Waals surface area contributed by atoms with Crippen molar-refractivity contribution < 1.29 is 23.8 Å². The summed E-state index contributed by atoms with van der Waals surface area (Å²) in [6.07, 6.45) is 0.786. The molecule has 0 aliphatic rings. The van der Waals surface area contributed by atoms with Crippen molar-refractivity contribution in [2.24, 2.45) is 0 Å². The molecule has 0 fully saturated rings. The molecule has 5 heteroatoms. The highest BCUT2D eigenvalue weighted by Gasteiger charge is 2.12. The number of benzene rings is 1. The maximum absolute atomic E-state index is 11.6. The van der Waals surface area contributed by atoms with Gasteiger partial charge in [-0.05, 0) is 38.0 Å². The van der Waals surface area contributed by atoms with E-state index in [4.69, 9.17) is 14.2 Å². The number of carbonyl (C=O) groups excluding carboxylic acids is 2. The van der Waals surface area contributed by atoms with Gasteiger partial charge in [-0.15, -0.1) is 0 Å². The molecule has 1 aromatic carbocycles. The van der Waals surface area contributed by atoms with Crippen LogP contribution in [0, 0.1) is 0 Å². The summed E-state index contributed by atoms with van der Waals surface area (Å²) in [6.45, 7) is 4.22. The van der Waals surface area contributed by atoms with Gasteiger partial charge in [0.15, 0.2) is 0 Å². The maximum atomic E-state index is 11.6. The molecule has 0 atom stereocenters. The maximum Gasteiger partial charge on any atom is 0.338 e. The molecule has 0 amide bonds. The van der Waals surface area contributed by atoms with E-state index in [0.717, 1.165) is 5.56 Å². The number of hydrogen-bond donors (Lipinski definition) is 0. The Bertz CT molecular complexity index is 467. The minimum absolute atomic E-state index is 0.246. The number of esters is 2. The van der Waals surface area contributed by atoms with Crippen molar-refractivity contribution in [1.82, 2.24) is 0 Å². The molecule has 0 saturated carbocycles. The van der Waals surface area contributed by atoms with Crippen molar-refractivity contribution in [1.29, 1.82) is 0 Å². The summed E-state index contributed by atoms with van der Waals surface area (Å²) in [6, 6.07) is 5.06. The lowest BCUT2D eigenvalue weighted by Crippen LogP contribution is -2.07. The molecule has 0 saturated heterocycles. The number of carbonyl (C=O) groups is 2. The Morgan fingerprint density at radius 3 is 2.40 bits per heavy atom. The third-order valence-corrected chi connectivity index (χ3v) is 2.70. The Morgan fingerprint density at radius 2 is 1.80 bits per heavy atom. The zero-order valence-electron chi connectivity index (χ0n) is 12.1. The number of hydrogen-bond acceptors (Lipinski definition) is 5. The highest BCUT2D eigenvalue weighted by Crippen LogP contribution is 2.22. The van der Waals surface area contributed by atoms with Gasteiger partial charge in [0.2, 0.25) is 0 Å². The summed E-state index contributed by atoms with van der Waals surface area (Å²) in [4.78, 5) is 23.0. The van der Waals surface area contributed by atoms with E-state index in [1.807, 2.05) is 0 Å². The fourth-order valence-electron chi connectivity index (χ4n) is 1.76. The summed E-state index contributed by atoms with van der Waals surface area (Å²) in [5, 5.41) is 0. The standard InChI is InChI=1S/C15H20O5/c1-4-19-14(16)9-8-11-6-7-12(10-13(11)18-3)15(17)20-5-2/h6-7,10H,4-5,8-9H2,1-3H3. The van der Waals surface area contributed by atoms with Gasteiger partial charge in [-0.25, -0.2) is 4.79 Å². The lowest BCUT2D eigenvalue weighted by Gasteiger charge is -2.10. The van der Waals surface area contributed by atoms with Crippen molar-refractivity contribution in [2.75, 3.05) is 20.3 Å². The van der Waals surface area contributed by atoms with E-state index in [1.165, 1.54) is 7.11 Å². The van der Waals surface area contributed by atoms with E-state index >= 15 is 0 Å². The third-order valence-electron chi connectivity index (χ3n) is 2.70. The number of ether oxygens (including phenoxy) is 3. The van der Waals surface area contributed by atoms with Crippen molar-refractivity contribution in [3.63, 3.8) is 0 Å². The Morgan fingerprint density at radius 1 is 1.10 bits per heavy atom. The predicted octanol–water partition coefficient (Wildman–Crippen LogP) is 2.37. The van der Waals surface area contributed by atoms with Crippen molar-refractivity contribution in [3.05, 3.63) is 29.3 Å². The van der Waals surface area contributed by atoms with Gasteiger partial charge in [-0.2, -0.15) is 0 Å². The number of aryl methyl sites for hydroxylation is 1. The molecule has 0 spiro atoms. The van der Waals surface area contributed by atoms with E-state index < -0.39 is 0 Å². The van der Waals surface area contributed by atoms with Crippen LogP contribution in [0.15, 0.2) is 18.2 Å². The van der Waals surface area contributed by atoms with Crippen LogP contribution in [0.3, 0.4) is 0 Å². The van der Waals surface area contributed by atoms with Crippen molar-refractivity contribution in [3.8, 4) is 5.75 Å². The van der Waals surface area contributed by atoms with Crippen LogP contribution in [0.2, 0.25) is 0 Å². The van der Waals surface area contributed by atoms with Gasteiger partial charge in [0.25, 0.3) is 0 Å². The molecular weight excluding hydrogens is 260 g/mol. The quantitative estimate of drug-likeness (QED) is 0.717. The largest absolute Gasteiger partial charge is 0.496 e. The minimum atomic E-state index is -0.386. The van der Waals surface area contributed by atoms with Gasteiger partial charge >= 0.3 is 11.9 Å². The molecule has 0 bridgehead atoms. The molecule has 0 heterocycles. The first-order valence-electron chi connectivity index (χ1n) is 6.62. The van der Waals surface area contributed by atoms with Gasteiger partial charge in [0.1, 0.15) is 5.75 Å². The second-order valence-corrected chi connectivity index (χ2v) is 4.05. The topological polar surface area (TPSA) is 61.8 Å². The molecule has 1 aromatic rings. The first-order valence-corrected chi connectivity index (χ1v) is 6.62. The lowest BCUT2D eigenvalue weighted by atomic mass is 10.1. The van der Waals surface area contributed by atoms with Crippen LogP contribution in [0.5, 0.6) is 5.75 Å². The molecule has 0 N–H and O–H groups in total. The average Bonchev–Trinajstić information content (AvgIpc) is 2.45. The summed E-state index contributed by atoms with van der Waals surface area (Å²) in [5.74, 6) is -0.0633. The van der Waals surface area contributed by atoms with E-state index in [-0.39, 0.29) is 18.4 Å². The Kier molecular flexibility index (Phi) is 6.56. The summed E-state index contributed by atoms with van der Waals surface area (Å²) in [5.41, 5.74) is 1.29. The van der Waals surface area contributed by atoms with Crippen LogP contribution in [0.1, 0.15) is 36.2 Å². The molecular formula is C15H20O5. The fourth-order valence-corrected chi connectivity index (χ4v) is 1.76. The van der Waals surface area contributed by atoms with E-state index in [1.54, 1.807) is 32.0 Å². The second kappa shape index (κ2) is 8.19. The first kappa shape index (κ1) is 16.0. The lowest BCUT2D eigenvalue weighted by molar-refractivity contribution is -0.143. The van der Waals surface area contributed by atoms with E-state index in [2.05, 4.69) is 0 Å². The van der Waals surface area contributed by atoms with Crippen LogP contribution in [-0.2, 0) is 20.7 Å². The summed E-state index contributed by atoms with van der Waals surface area (Å²) < 4.78 is 15.1. The zero-order valence-corrected chi connectivity index (χ0v) is 12.1. The number of methoxy groups -OCH3 is 1. The average molecular weight is 280 g/mol.